The van der Waals surface area contributed by atoms with Crippen LogP contribution in [0.25, 0.3) is 0 Å². The summed E-state index contributed by atoms with van der Waals surface area (Å²) in [5, 5.41) is 11.4. The first-order chi connectivity index (χ1) is 7.02. The van der Waals surface area contributed by atoms with Gasteiger partial charge >= 0.3 is 0 Å². The Bertz CT molecular complexity index is 336. The van der Waals surface area contributed by atoms with E-state index >= 15 is 0 Å². The van der Waals surface area contributed by atoms with E-state index in [1.54, 1.807) is 6.92 Å². The number of aromatic nitrogens is 2. The summed E-state index contributed by atoms with van der Waals surface area (Å²) in [6, 6.07) is 0. The van der Waals surface area contributed by atoms with Gasteiger partial charge in [-0.2, -0.15) is 0 Å². The highest BCUT2D eigenvalue weighted by molar-refractivity contribution is 6.33. The molecule has 7 heteroatoms. The summed E-state index contributed by atoms with van der Waals surface area (Å²) >= 11 is 5.64. The van der Waals surface area contributed by atoms with E-state index in [1.807, 2.05) is 0 Å². The Morgan fingerprint density at radius 2 is 2.20 bits per heavy atom. The van der Waals surface area contributed by atoms with Crippen molar-refractivity contribution >= 4 is 17.4 Å². The lowest BCUT2D eigenvalue weighted by Gasteiger charge is -2.10. The minimum Gasteiger partial charge on any atom is -0.392 e. The molecule has 0 radical (unpaired) electrons. The van der Waals surface area contributed by atoms with Crippen LogP contribution in [0.5, 0.6) is 0 Å². The van der Waals surface area contributed by atoms with Gasteiger partial charge in [-0.3, -0.25) is 0 Å². The lowest BCUT2D eigenvalue weighted by molar-refractivity contribution is 0.146. The van der Waals surface area contributed by atoms with Crippen LogP contribution >= 0.6 is 11.6 Å². The molecule has 0 aliphatic carbocycles. The van der Waals surface area contributed by atoms with E-state index in [0.717, 1.165) is 6.33 Å². The molecule has 1 unspecified atom stereocenters. The van der Waals surface area contributed by atoms with Crippen LogP contribution in [0, 0.1) is 0 Å². The van der Waals surface area contributed by atoms with Gasteiger partial charge in [-0.05, 0) is 6.92 Å². The van der Waals surface area contributed by atoms with Crippen molar-refractivity contribution in [3.8, 4) is 0 Å². The number of aliphatic hydroxyl groups excluding tert-OH is 1. The van der Waals surface area contributed by atoms with E-state index in [1.165, 1.54) is 0 Å². The number of hydrogen-bond acceptors (Lipinski definition) is 4. The maximum absolute atomic E-state index is 12.4. The normalized spacial score (nSPS) is 12.9. The van der Waals surface area contributed by atoms with Crippen LogP contribution in [0.4, 0.5) is 14.6 Å². The molecule has 1 aromatic rings. The van der Waals surface area contributed by atoms with Crippen molar-refractivity contribution in [1.82, 2.24) is 9.97 Å². The molecule has 1 atom stereocenters. The fourth-order valence-corrected chi connectivity index (χ4v) is 1.15. The van der Waals surface area contributed by atoms with Gasteiger partial charge in [0, 0.05) is 6.54 Å². The topological polar surface area (TPSA) is 58.0 Å². The van der Waals surface area contributed by atoms with Gasteiger partial charge in [0.2, 0.25) is 0 Å². The molecule has 0 amide bonds. The summed E-state index contributed by atoms with van der Waals surface area (Å²) in [6.07, 6.45) is -2.36. The van der Waals surface area contributed by atoms with Gasteiger partial charge in [-0.1, -0.05) is 11.6 Å². The SMILES string of the molecule is CC(O)CNc1ncnc(C(F)F)c1Cl. The number of nitrogens with zero attached hydrogens (tertiary/aromatic N) is 2. The number of halogens is 3. The molecule has 15 heavy (non-hydrogen) atoms. The molecule has 0 aliphatic rings. The highest BCUT2D eigenvalue weighted by Gasteiger charge is 2.17. The molecular weight excluding hydrogens is 228 g/mol. The highest BCUT2D eigenvalue weighted by Crippen LogP contribution is 2.28. The van der Waals surface area contributed by atoms with Crippen LogP contribution in [0.1, 0.15) is 19.0 Å². The molecule has 1 rings (SSSR count). The molecule has 0 saturated carbocycles. The standard InChI is InChI=1S/C8H10ClF2N3O/c1-4(15)2-12-8-5(9)6(7(10)11)13-3-14-8/h3-4,7,15H,2H2,1H3,(H,12,13,14). The van der Waals surface area contributed by atoms with Gasteiger partial charge < -0.3 is 10.4 Å². The van der Waals surface area contributed by atoms with E-state index in [4.69, 9.17) is 16.7 Å². The second-order valence-corrected chi connectivity index (χ2v) is 3.33. The first-order valence-corrected chi connectivity index (χ1v) is 4.60. The second kappa shape index (κ2) is 5.18. The van der Waals surface area contributed by atoms with E-state index in [9.17, 15) is 8.78 Å². The van der Waals surface area contributed by atoms with Crippen LogP contribution in [0.3, 0.4) is 0 Å². The highest BCUT2D eigenvalue weighted by atomic mass is 35.5. The molecule has 0 aliphatic heterocycles. The van der Waals surface area contributed by atoms with Gasteiger partial charge in [-0.25, -0.2) is 18.7 Å². The lowest BCUT2D eigenvalue weighted by atomic mass is 10.3. The van der Waals surface area contributed by atoms with Gasteiger partial charge in [0.1, 0.15) is 22.9 Å². The monoisotopic (exact) mass is 237 g/mol. The number of nitrogens with one attached hydrogen (secondary N) is 1. The van der Waals surface area contributed by atoms with Crippen molar-refractivity contribution in [2.45, 2.75) is 19.5 Å². The number of rotatable bonds is 4. The van der Waals surface area contributed by atoms with Crippen LogP contribution in [0.2, 0.25) is 5.02 Å². The number of alkyl halides is 2. The summed E-state index contributed by atoms with van der Waals surface area (Å²) in [5.74, 6) is 0.0999. The largest absolute Gasteiger partial charge is 0.392 e. The summed E-state index contributed by atoms with van der Waals surface area (Å²) in [7, 11) is 0. The summed E-state index contributed by atoms with van der Waals surface area (Å²) in [5.41, 5.74) is -0.514. The van der Waals surface area contributed by atoms with E-state index in [0.29, 0.717) is 0 Å². The molecule has 0 aromatic carbocycles. The van der Waals surface area contributed by atoms with Crippen LogP contribution in [-0.2, 0) is 0 Å². The van der Waals surface area contributed by atoms with Gasteiger partial charge in [0.05, 0.1) is 6.10 Å². The van der Waals surface area contributed by atoms with Crippen LogP contribution in [-0.4, -0.2) is 27.7 Å². The molecule has 4 nitrogen and oxygen atoms in total. The summed E-state index contributed by atoms with van der Waals surface area (Å²) in [4.78, 5) is 7.06. The van der Waals surface area contributed by atoms with E-state index in [-0.39, 0.29) is 17.4 Å². The Morgan fingerprint density at radius 3 is 2.73 bits per heavy atom. The number of aliphatic hydroxyl groups is 1. The quantitative estimate of drug-likeness (QED) is 0.839. The zero-order chi connectivity index (χ0) is 11.4. The maximum Gasteiger partial charge on any atom is 0.282 e. The average molecular weight is 238 g/mol. The van der Waals surface area contributed by atoms with Crippen molar-refractivity contribution in [3.05, 3.63) is 17.0 Å². The Balaban J connectivity index is 2.85. The summed E-state index contributed by atoms with van der Waals surface area (Å²) in [6.45, 7) is 1.73. The minimum absolute atomic E-state index is 0.0999. The summed E-state index contributed by atoms with van der Waals surface area (Å²) < 4.78 is 24.7. The Morgan fingerprint density at radius 1 is 1.53 bits per heavy atom. The van der Waals surface area contributed by atoms with Crippen molar-refractivity contribution in [1.29, 1.82) is 0 Å². The zero-order valence-electron chi connectivity index (χ0n) is 7.91. The number of anilines is 1. The molecule has 0 saturated heterocycles. The second-order valence-electron chi connectivity index (χ2n) is 2.95. The zero-order valence-corrected chi connectivity index (χ0v) is 8.67. The molecule has 0 spiro atoms. The molecule has 84 valence electrons. The minimum atomic E-state index is -2.74. The van der Waals surface area contributed by atoms with Crippen molar-refractivity contribution < 1.29 is 13.9 Å². The third-order valence-electron chi connectivity index (χ3n) is 1.59. The van der Waals surface area contributed by atoms with E-state index in [2.05, 4.69) is 15.3 Å². The predicted octanol–water partition coefficient (Wildman–Crippen LogP) is 1.86. The molecule has 1 aromatic heterocycles. The van der Waals surface area contributed by atoms with Crippen molar-refractivity contribution in [2.75, 3.05) is 11.9 Å². The van der Waals surface area contributed by atoms with Crippen LogP contribution < -0.4 is 5.32 Å². The van der Waals surface area contributed by atoms with Gasteiger partial charge in [-0.15, -0.1) is 0 Å². The van der Waals surface area contributed by atoms with Gasteiger partial charge in [0.25, 0.3) is 6.43 Å². The van der Waals surface area contributed by atoms with Gasteiger partial charge in [0.15, 0.2) is 0 Å². The first-order valence-electron chi connectivity index (χ1n) is 4.23. The Hall–Kier alpha value is -1.01. The third-order valence-corrected chi connectivity index (χ3v) is 1.96. The fourth-order valence-electron chi connectivity index (χ4n) is 0.903. The molecule has 1 heterocycles. The Labute approximate surface area is 90.3 Å². The third kappa shape index (κ3) is 3.24. The first kappa shape index (κ1) is 12.1. The smallest absolute Gasteiger partial charge is 0.282 e. The number of hydrogen-bond donors (Lipinski definition) is 2. The fraction of sp³-hybridized carbons (Fsp3) is 0.500. The van der Waals surface area contributed by atoms with Crippen molar-refractivity contribution in [2.24, 2.45) is 0 Å². The average Bonchev–Trinajstić information content (AvgIpc) is 2.15. The molecule has 0 bridgehead atoms. The predicted molar refractivity (Wildman–Crippen MR) is 52.2 cm³/mol. The molecule has 0 fully saturated rings. The maximum atomic E-state index is 12.4. The molecule has 2 N–H and O–H groups in total. The lowest BCUT2D eigenvalue weighted by Crippen LogP contribution is -2.16. The van der Waals surface area contributed by atoms with E-state index < -0.39 is 18.2 Å². The Kier molecular flexibility index (Phi) is 4.16. The molecular formula is C8H10ClF2N3O. The van der Waals surface area contributed by atoms with Crippen LogP contribution in [0.15, 0.2) is 6.33 Å². The van der Waals surface area contributed by atoms with Crippen molar-refractivity contribution in [3.63, 3.8) is 0 Å².